The molecule has 1 aromatic heterocycles. The van der Waals surface area contributed by atoms with Crippen LogP contribution < -0.4 is 19.9 Å². The van der Waals surface area contributed by atoms with E-state index in [1.807, 2.05) is 24.3 Å². The first-order valence-electron chi connectivity index (χ1n) is 13.4. The van der Waals surface area contributed by atoms with Crippen LogP contribution in [0.5, 0.6) is 5.75 Å². The molecule has 6 rings (SSSR count). The molecule has 2 aromatic rings. The molecule has 1 N–H and O–H groups in total. The van der Waals surface area contributed by atoms with Crippen LogP contribution in [0.4, 0.5) is 24.5 Å². The number of benzene rings is 1. The Kier molecular flexibility index (Phi) is 6.41. The lowest BCUT2D eigenvalue weighted by molar-refractivity contribution is -0.138. The number of nitrogens with zero attached hydrogens (tertiary/aromatic N) is 4. The van der Waals surface area contributed by atoms with Crippen molar-refractivity contribution in [2.24, 2.45) is 4.99 Å². The summed E-state index contributed by atoms with van der Waals surface area (Å²) < 4.78 is 47.8. The van der Waals surface area contributed by atoms with Crippen LogP contribution in [0.25, 0.3) is 0 Å². The molecule has 2 saturated carbocycles. The van der Waals surface area contributed by atoms with E-state index >= 15 is 0 Å². The zero-order valence-electron chi connectivity index (χ0n) is 21.6. The normalized spacial score (nSPS) is 23.9. The van der Waals surface area contributed by atoms with Gasteiger partial charge in [-0.1, -0.05) is 0 Å². The van der Waals surface area contributed by atoms with E-state index in [-0.39, 0.29) is 34.0 Å². The molecule has 11 heteroatoms. The van der Waals surface area contributed by atoms with Gasteiger partial charge in [0.1, 0.15) is 17.4 Å². The number of carbonyl (C=O) groups excluding carboxylic acids is 1. The molecule has 3 heterocycles. The number of hydrogen-bond acceptors (Lipinski definition) is 6. The number of carbonyl (C=O) groups is 1. The summed E-state index contributed by atoms with van der Waals surface area (Å²) in [6.07, 6.45) is 5.33. The molecular formula is C28H30F3N5O2S. The lowest BCUT2D eigenvalue weighted by atomic mass is 9.71. The molecule has 206 valence electrons. The molecular weight excluding hydrogens is 527 g/mol. The molecule has 2 aliphatic heterocycles. The van der Waals surface area contributed by atoms with Gasteiger partial charge in [0.2, 0.25) is 0 Å². The van der Waals surface area contributed by atoms with Gasteiger partial charge in [0.15, 0.2) is 5.11 Å². The third kappa shape index (κ3) is 4.39. The van der Waals surface area contributed by atoms with Gasteiger partial charge in [-0.3, -0.25) is 19.7 Å². The molecule has 2 aliphatic carbocycles. The molecule has 4 aliphatic rings. The van der Waals surface area contributed by atoms with E-state index < -0.39 is 17.3 Å². The number of amides is 1. The first-order valence-corrected chi connectivity index (χ1v) is 13.8. The average Bonchev–Trinajstić information content (AvgIpc) is 3.10. The highest BCUT2D eigenvalue weighted by molar-refractivity contribution is 7.81. The molecule has 7 nitrogen and oxygen atoms in total. The third-order valence-corrected chi connectivity index (χ3v) is 8.97. The van der Waals surface area contributed by atoms with E-state index in [1.165, 1.54) is 37.4 Å². The van der Waals surface area contributed by atoms with Gasteiger partial charge in [-0.05, 0) is 94.0 Å². The minimum atomic E-state index is -4.67. The summed E-state index contributed by atoms with van der Waals surface area (Å²) in [5.41, 5.74) is -1.25. The topological polar surface area (TPSA) is 70.1 Å². The first kappa shape index (κ1) is 26.2. The lowest BCUT2D eigenvalue weighted by Gasteiger charge is -2.48. The van der Waals surface area contributed by atoms with Crippen LogP contribution in [0.3, 0.4) is 0 Å². The Morgan fingerprint density at radius 3 is 2.46 bits per heavy atom. The molecule has 0 radical (unpaired) electrons. The Balaban J connectivity index is 1.27. The van der Waals surface area contributed by atoms with Crippen molar-refractivity contribution in [2.75, 3.05) is 23.4 Å². The van der Waals surface area contributed by atoms with Crippen molar-refractivity contribution < 1.29 is 22.7 Å². The Morgan fingerprint density at radius 1 is 1.15 bits per heavy atom. The fraction of sp³-hybridized carbons (Fsp3) is 0.500. The van der Waals surface area contributed by atoms with E-state index in [9.17, 15) is 18.0 Å². The maximum absolute atomic E-state index is 13.8. The maximum Gasteiger partial charge on any atom is 0.418 e. The number of aliphatic imine (C=N–C) groups is 1. The zero-order chi connectivity index (χ0) is 27.4. The Hall–Kier alpha value is -3.05. The fourth-order valence-corrected chi connectivity index (χ4v) is 6.78. The summed E-state index contributed by atoms with van der Waals surface area (Å²) in [6, 6.07) is 8.44. The van der Waals surface area contributed by atoms with Crippen molar-refractivity contribution in [3.63, 3.8) is 0 Å². The lowest BCUT2D eigenvalue weighted by Crippen LogP contribution is -2.57. The summed E-state index contributed by atoms with van der Waals surface area (Å²) in [6.45, 7) is 0.947. The highest BCUT2D eigenvalue weighted by atomic mass is 32.1. The van der Waals surface area contributed by atoms with Gasteiger partial charge in [0.05, 0.1) is 23.1 Å². The van der Waals surface area contributed by atoms with E-state index in [2.05, 4.69) is 15.3 Å². The monoisotopic (exact) mass is 557 g/mol. The number of rotatable bonds is 5. The van der Waals surface area contributed by atoms with Gasteiger partial charge >= 0.3 is 6.18 Å². The van der Waals surface area contributed by atoms with Gasteiger partial charge in [-0.15, -0.1) is 0 Å². The minimum Gasteiger partial charge on any atom is -0.490 e. The summed E-state index contributed by atoms with van der Waals surface area (Å²) in [5, 5.41) is 3.80. The average molecular weight is 558 g/mol. The predicted octanol–water partition coefficient (Wildman–Crippen LogP) is 5.26. The van der Waals surface area contributed by atoms with Crippen LogP contribution in [0.2, 0.25) is 0 Å². The van der Waals surface area contributed by atoms with E-state index in [1.54, 1.807) is 4.90 Å². The van der Waals surface area contributed by atoms with Crippen LogP contribution in [-0.2, 0) is 11.0 Å². The molecule has 1 unspecified atom stereocenters. The van der Waals surface area contributed by atoms with Crippen LogP contribution >= 0.6 is 12.2 Å². The van der Waals surface area contributed by atoms with Crippen LogP contribution in [0.15, 0.2) is 41.5 Å². The summed E-state index contributed by atoms with van der Waals surface area (Å²) in [5.74, 6) is 0.426. The standard InChI is InChI=1S/C28H30F3N5O2S/c1-32-17-23-22(28(29,30)31)14-19(16-33-23)35-24(37)27(11-3-12-27)36(25(35)39)18-4-6-20(7-5-18)38-21-8-13-34-26(15-21)9-2-10-26/h4-7,14,16-17,21,34H,2-3,8-13,15H2,1H3/b32-17-. The number of ether oxygens (including phenoxy) is 1. The van der Waals surface area contributed by atoms with Crippen molar-refractivity contribution in [1.29, 1.82) is 0 Å². The highest BCUT2D eigenvalue weighted by Gasteiger charge is 2.59. The second kappa shape index (κ2) is 9.55. The molecule has 4 fully saturated rings. The van der Waals surface area contributed by atoms with Gasteiger partial charge in [-0.25, -0.2) is 0 Å². The molecule has 1 atom stereocenters. The fourth-order valence-electron chi connectivity index (χ4n) is 6.31. The molecule has 0 bridgehead atoms. The number of alkyl halides is 3. The number of piperidine rings is 1. The number of thiocarbonyl (C=S) groups is 1. The molecule has 2 saturated heterocycles. The number of pyridine rings is 1. The quantitative estimate of drug-likeness (QED) is 0.400. The van der Waals surface area contributed by atoms with Crippen molar-refractivity contribution in [3.8, 4) is 5.75 Å². The second-order valence-electron chi connectivity index (χ2n) is 10.9. The van der Waals surface area contributed by atoms with Gasteiger partial charge in [-0.2, -0.15) is 13.2 Å². The zero-order valence-corrected chi connectivity index (χ0v) is 22.4. The number of anilines is 2. The third-order valence-electron chi connectivity index (χ3n) is 8.60. The predicted molar refractivity (Wildman–Crippen MR) is 147 cm³/mol. The number of halogens is 3. The van der Waals surface area contributed by atoms with Crippen LogP contribution in [-0.4, -0.2) is 53.0 Å². The molecule has 39 heavy (non-hydrogen) atoms. The smallest absolute Gasteiger partial charge is 0.418 e. The Bertz CT molecular complexity index is 1320. The van der Waals surface area contributed by atoms with Gasteiger partial charge < -0.3 is 15.0 Å². The van der Waals surface area contributed by atoms with Crippen LogP contribution in [0.1, 0.15) is 62.6 Å². The molecule has 1 amide bonds. The largest absolute Gasteiger partial charge is 0.490 e. The number of hydrogen-bond donors (Lipinski definition) is 1. The molecule has 1 aromatic carbocycles. The Labute approximate surface area is 230 Å². The first-order chi connectivity index (χ1) is 18.7. The highest BCUT2D eigenvalue weighted by Crippen LogP contribution is 2.48. The Morgan fingerprint density at radius 2 is 1.87 bits per heavy atom. The van der Waals surface area contributed by atoms with E-state index in [0.717, 1.165) is 43.8 Å². The van der Waals surface area contributed by atoms with Gasteiger partial charge in [0.25, 0.3) is 5.91 Å². The maximum atomic E-state index is 13.8. The minimum absolute atomic E-state index is 0.00450. The van der Waals surface area contributed by atoms with E-state index in [4.69, 9.17) is 17.0 Å². The number of nitrogens with one attached hydrogen (secondary N) is 1. The van der Waals surface area contributed by atoms with E-state index in [0.29, 0.717) is 18.5 Å². The van der Waals surface area contributed by atoms with Gasteiger partial charge in [0, 0.05) is 30.9 Å². The van der Waals surface area contributed by atoms with Crippen molar-refractivity contribution in [3.05, 3.63) is 47.8 Å². The van der Waals surface area contributed by atoms with Crippen molar-refractivity contribution >= 4 is 40.8 Å². The number of aromatic nitrogens is 1. The summed E-state index contributed by atoms with van der Waals surface area (Å²) in [7, 11) is 1.38. The molecule has 2 spiro atoms. The SMILES string of the molecule is C/N=C\c1ncc(N2C(=O)C3(CCC3)N(c3ccc(OC4CCNC5(CCC5)C4)cc3)C2=S)cc1C(F)(F)F. The van der Waals surface area contributed by atoms with Crippen molar-refractivity contribution in [1.82, 2.24) is 10.3 Å². The second-order valence-corrected chi connectivity index (χ2v) is 11.3. The van der Waals surface area contributed by atoms with Crippen molar-refractivity contribution in [2.45, 2.75) is 74.7 Å². The van der Waals surface area contributed by atoms with Crippen LogP contribution in [0, 0.1) is 0 Å². The summed E-state index contributed by atoms with van der Waals surface area (Å²) in [4.78, 5) is 24.4. The summed E-state index contributed by atoms with van der Waals surface area (Å²) >= 11 is 5.74.